The van der Waals surface area contributed by atoms with E-state index in [0.717, 1.165) is 18.6 Å². The lowest BCUT2D eigenvalue weighted by atomic mass is 10.2. The number of nitrogens with one attached hydrogen (secondary N) is 1. The first kappa shape index (κ1) is 17.1. The third-order valence-electron chi connectivity index (χ3n) is 4.15. The molecule has 0 radical (unpaired) electrons. The average molecular weight is 341 g/mol. The van der Waals surface area contributed by atoms with Gasteiger partial charge in [-0.15, -0.1) is 0 Å². The maximum Gasteiger partial charge on any atom is 0.262 e. The molecular formula is C20H23NO4. The fourth-order valence-electron chi connectivity index (χ4n) is 2.92. The predicted molar refractivity (Wildman–Crippen MR) is 96.4 cm³/mol. The minimum Gasteiger partial charge on any atom is -0.493 e. The highest BCUT2D eigenvalue weighted by atomic mass is 16.5. The number of para-hydroxylation sites is 2. The topological polar surface area (TPSA) is 56.8 Å². The van der Waals surface area contributed by atoms with Crippen LogP contribution >= 0.6 is 0 Å². The van der Waals surface area contributed by atoms with Gasteiger partial charge in [-0.25, -0.2) is 0 Å². The summed E-state index contributed by atoms with van der Waals surface area (Å²) in [4.78, 5) is 12.1. The number of hydrogen-bond donors (Lipinski definition) is 1. The monoisotopic (exact) mass is 341 g/mol. The van der Waals surface area contributed by atoms with Gasteiger partial charge in [-0.3, -0.25) is 4.79 Å². The van der Waals surface area contributed by atoms with Crippen molar-refractivity contribution in [2.24, 2.45) is 0 Å². The van der Waals surface area contributed by atoms with E-state index < -0.39 is 0 Å². The number of carbonyl (C=O) groups is 1. The molecule has 1 saturated carbocycles. The molecule has 0 aliphatic heterocycles. The Labute approximate surface area is 147 Å². The van der Waals surface area contributed by atoms with Crippen LogP contribution in [0.5, 0.6) is 17.2 Å². The molecule has 5 heteroatoms. The number of ether oxygens (including phenoxy) is 3. The summed E-state index contributed by atoms with van der Waals surface area (Å²) in [7, 11) is 1.57. The van der Waals surface area contributed by atoms with Crippen molar-refractivity contribution in [3.63, 3.8) is 0 Å². The minimum absolute atomic E-state index is 0.0892. The Bertz CT molecular complexity index is 710. The van der Waals surface area contributed by atoms with Gasteiger partial charge in [-0.05, 0) is 49.9 Å². The van der Waals surface area contributed by atoms with Crippen molar-refractivity contribution in [1.82, 2.24) is 0 Å². The third kappa shape index (κ3) is 4.89. The van der Waals surface area contributed by atoms with Crippen molar-refractivity contribution in [2.45, 2.75) is 31.8 Å². The Morgan fingerprint density at radius 3 is 2.60 bits per heavy atom. The molecule has 0 saturated heterocycles. The third-order valence-corrected chi connectivity index (χ3v) is 4.15. The molecule has 5 nitrogen and oxygen atoms in total. The number of rotatable bonds is 7. The molecule has 2 aromatic rings. The van der Waals surface area contributed by atoms with Crippen LogP contribution in [0.25, 0.3) is 0 Å². The van der Waals surface area contributed by atoms with Gasteiger partial charge in [0.15, 0.2) is 18.1 Å². The van der Waals surface area contributed by atoms with Crippen molar-refractivity contribution >= 4 is 11.6 Å². The molecule has 2 aromatic carbocycles. The summed E-state index contributed by atoms with van der Waals surface area (Å²) >= 11 is 0. The summed E-state index contributed by atoms with van der Waals surface area (Å²) in [6.07, 6.45) is 4.94. The lowest BCUT2D eigenvalue weighted by Gasteiger charge is -2.14. The van der Waals surface area contributed by atoms with E-state index in [4.69, 9.17) is 14.2 Å². The molecule has 1 aliphatic rings. The first-order valence-corrected chi connectivity index (χ1v) is 8.57. The molecule has 1 aliphatic carbocycles. The molecule has 0 heterocycles. The van der Waals surface area contributed by atoms with Crippen LogP contribution < -0.4 is 19.5 Å². The van der Waals surface area contributed by atoms with Crippen LogP contribution in [0.3, 0.4) is 0 Å². The lowest BCUT2D eigenvalue weighted by molar-refractivity contribution is -0.118. The first-order chi connectivity index (χ1) is 12.2. The van der Waals surface area contributed by atoms with Gasteiger partial charge >= 0.3 is 0 Å². The highest BCUT2D eigenvalue weighted by Crippen LogP contribution is 2.27. The predicted octanol–water partition coefficient (Wildman–Crippen LogP) is 4.03. The normalized spacial score (nSPS) is 14.1. The second-order valence-corrected chi connectivity index (χ2v) is 6.04. The Balaban J connectivity index is 1.53. The summed E-state index contributed by atoms with van der Waals surface area (Å²) in [6.45, 7) is -0.0892. The highest BCUT2D eigenvalue weighted by Gasteiger charge is 2.16. The number of benzene rings is 2. The van der Waals surface area contributed by atoms with E-state index in [-0.39, 0.29) is 12.5 Å². The smallest absolute Gasteiger partial charge is 0.262 e. The zero-order chi connectivity index (χ0) is 17.5. The van der Waals surface area contributed by atoms with Crippen LogP contribution in [0.2, 0.25) is 0 Å². The number of methoxy groups -OCH3 is 1. The van der Waals surface area contributed by atoms with Crippen LogP contribution in [0, 0.1) is 0 Å². The van der Waals surface area contributed by atoms with Crippen LogP contribution in [-0.2, 0) is 4.79 Å². The standard InChI is InChI=1S/C20H23NO4/c1-23-18-11-4-5-12-19(18)24-14-20(22)21-15-7-6-10-17(13-15)25-16-8-2-3-9-16/h4-7,10-13,16H,2-3,8-9,14H2,1H3,(H,21,22). The summed E-state index contributed by atoms with van der Waals surface area (Å²) in [5.41, 5.74) is 0.698. The molecule has 0 bridgehead atoms. The highest BCUT2D eigenvalue weighted by molar-refractivity contribution is 5.92. The molecule has 1 amide bonds. The van der Waals surface area contributed by atoms with E-state index in [9.17, 15) is 4.79 Å². The van der Waals surface area contributed by atoms with E-state index >= 15 is 0 Å². The van der Waals surface area contributed by atoms with Gasteiger partial charge in [-0.1, -0.05) is 18.2 Å². The number of carbonyl (C=O) groups excluding carboxylic acids is 1. The molecule has 25 heavy (non-hydrogen) atoms. The van der Waals surface area contributed by atoms with Gasteiger partial charge in [0.2, 0.25) is 0 Å². The Morgan fingerprint density at radius 2 is 1.84 bits per heavy atom. The van der Waals surface area contributed by atoms with Crippen LogP contribution in [0.4, 0.5) is 5.69 Å². The van der Waals surface area contributed by atoms with Crippen LogP contribution in [0.15, 0.2) is 48.5 Å². The van der Waals surface area contributed by atoms with Crippen molar-refractivity contribution < 1.29 is 19.0 Å². The van der Waals surface area contributed by atoms with Crippen molar-refractivity contribution in [2.75, 3.05) is 19.0 Å². The fourth-order valence-corrected chi connectivity index (χ4v) is 2.92. The molecule has 0 atom stereocenters. The molecule has 0 spiro atoms. The number of amides is 1. The first-order valence-electron chi connectivity index (χ1n) is 8.57. The minimum atomic E-state index is -0.232. The molecule has 0 aromatic heterocycles. The summed E-state index contributed by atoms with van der Waals surface area (Å²) < 4.78 is 16.7. The number of hydrogen-bond acceptors (Lipinski definition) is 4. The Morgan fingerprint density at radius 1 is 1.08 bits per heavy atom. The Kier molecular flexibility index (Phi) is 5.77. The fraction of sp³-hybridized carbons (Fsp3) is 0.350. The maximum atomic E-state index is 12.1. The number of anilines is 1. The summed E-state index contributed by atoms with van der Waals surface area (Å²) in [5.74, 6) is 1.69. The van der Waals surface area contributed by atoms with Gasteiger partial charge in [0.25, 0.3) is 5.91 Å². The maximum absolute atomic E-state index is 12.1. The van der Waals surface area contributed by atoms with E-state index in [1.165, 1.54) is 12.8 Å². The Hall–Kier alpha value is -2.69. The molecule has 1 N–H and O–H groups in total. The van der Waals surface area contributed by atoms with Gasteiger partial charge in [0.05, 0.1) is 13.2 Å². The van der Waals surface area contributed by atoms with Gasteiger partial charge < -0.3 is 19.5 Å². The van der Waals surface area contributed by atoms with Crippen molar-refractivity contribution in [3.8, 4) is 17.2 Å². The van der Waals surface area contributed by atoms with E-state index in [0.29, 0.717) is 23.3 Å². The van der Waals surface area contributed by atoms with Crippen LogP contribution in [-0.4, -0.2) is 25.7 Å². The average Bonchev–Trinajstić information content (AvgIpc) is 3.13. The molecule has 1 fully saturated rings. The zero-order valence-corrected chi connectivity index (χ0v) is 14.4. The van der Waals surface area contributed by atoms with E-state index in [2.05, 4.69) is 5.32 Å². The molecule has 132 valence electrons. The second kappa shape index (κ2) is 8.42. The second-order valence-electron chi connectivity index (χ2n) is 6.04. The van der Waals surface area contributed by atoms with E-state index in [1.807, 2.05) is 36.4 Å². The van der Waals surface area contributed by atoms with Gasteiger partial charge in [0.1, 0.15) is 5.75 Å². The van der Waals surface area contributed by atoms with Crippen molar-refractivity contribution in [3.05, 3.63) is 48.5 Å². The summed E-state index contributed by atoms with van der Waals surface area (Å²) in [6, 6.07) is 14.7. The van der Waals surface area contributed by atoms with Gasteiger partial charge in [0, 0.05) is 11.8 Å². The largest absolute Gasteiger partial charge is 0.493 e. The lowest BCUT2D eigenvalue weighted by Crippen LogP contribution is -2.20. The quantitative estimate of drug-likeness (QED) is 0.826. The van der Waals surface area contributed by atoms with Gasteiger partial charge in [-0.2, -0.15) is 0 Å². The van der Waals surface area contributed by atoms with E-state index in [1.54, 1.807) is 19.2 Å². The zero-order valence-electron chi connectivity index (χ0n) is 14.4. The SMILES string of the molecule is COc1ccccc1OCC(=O)Nc1cccc(OC2CCCC2)c1. The van der Waals surface area contributed by atoms with Crippen molar-refractivity contribution in [1.29, 1.82) is 0 Å². The molecule has 0 unspecified atom stereocenters. The molecule has 3 rings (SSSR count). The molecular weight excluding hydrogens is 318 g/mol. The summed E-state index contributed by atoms with van der Waals surface area (Å²) in [5, 5.41) is 2.83. The van der Waals surface area contributed by atoms with Crippen LogP contribution in [0.1, 0.15) is 25.7 Å².